The Bertz CT molecular complexity index is 932. The maximum absolute atomic E-state index is 12.5. The second kappa shape index (κ2) is 5.35. The lowest BCUT2D eigenvalue weighted by atomic mass is 10.1. The molecule has 1 N–H and O–H groups in total. The summed E-state index contributed by atoms with van der Waals surface area (Å²) in [5, 5.41) is 7.98. The summed E-state index contributed by atoms with van der Waals surface area (Å²) in [6.45, 7) is 3.07. The molecule has 1 aromatic carbocycles. The molecule has 4 rings (SSSR count). The van der Waals surface area contributed by atoms with Gasteiger partial charge in [-0.15, -0.1) is 0 Å². The normalized spacial score (nSPS) is 17.9. The van der Waals surface area contributed by atoms with Crippen LogP contribution in [0, 0.1) is 6.92 Å². The second-order valence-corrected chi connectivity index (χ2v) is 6.28. The number of nitrogens with zero attached hydrogens (tertiary/aromatic N) is 3. The molecule has 1 aliphatic rings. The zero-order valence-electron chi connectivity index (χ0n) is 13.4. The largest absolute Gasteiger partial charge is 0.331 e. The van der Waals surface area contributed by atoms with Crippen LogP contribution in [0.2, 0.25) is 0 Å². The van der Waals surface area contributed by atoms with Gasteiger partial charge in [-0.2, -0.15) is 9.61 Å². The SMILES string of the molecule is Cc1cccc(-c2cc3n(C)c(C4CCCN4)cc(=O)n3n2)c1. The molecule has 3 aromatic rings. The van der Waals surface area contributed by atoms with Gasteiger partial charge in [0.05, 0.1) is 5.69 Å². The number of aryl methyl sites for hydroxylation is 2. The summed E-state index contributed by atoms with van der Waals surface area (Å²) in [4.78, 5) is 12.5. The van der Waals surface area contributed by atoms with E-state index in [1.54, 1.807) is 6.07 Å². The van der Waals surface area contributed by atoms with E-state index in [2.05, 4.69) is 34.0 Å². The van der Waals surface area contributed by atoms with Gasteiger partial charge in [0.15, 0.2) is 0 Å². The molecule has 1 unspecified atom stereocenters. The van der Waals surface area contributed by atoms with Crippen molar-refractivity contribution in [3.63, 3.8) is 0 Å². The predicted octanol–water partition coefficient (Wildman–Crippen LogP) is 2.43. The minimum Gasteiger partial charge on any atom is -0.331 e. The van der Waals surface area contributed by atoms with Gasteiger partial charge < -0.3 is 9.88 Å². The lowest BCUT2D eigenvalue weighted by molar-refractivity contribution is 0.590. The van der Waals surface area contributed by atoms with Crippen LogP contribution in [0.25, 0.3) is 16.9 Å². The molecule has 0 amide bonds. The topological polar surface area (TPSA) is 51.3 Å². The van der Waals surface area contributed by atoms with Crippen molar-refractivity contribution in [1.82, 2.24) is 19.5 Å². The molecule has 23 heavy (non-hydrogen) atoms. The van der Waals surface area contributed by atoms with Crippen LogP contribution >= 0.6 is 0 Å². The monoisotopic (exact) mass is 308 g/mol. The summed E-state index contributed by atoms with van der Waals surface area (Å²) in [5.41, 5.74) is 4.85. The van der Waals surface area contributed by atoms with Crippen LogP contribution in [0.15, 0.2) is 41.2 Å². The predicted molar refractivity (Wildman–Crippen MR) is 90.6 cm³/mol. The van der Waals surface area contributed by atoms with Gasteiger partial charge in [0, 0.05) is 36.5 Å². The Kier molecular flexibility index (Phi) is 3.31. The van der Waals surface area contributed by atoms with E-state index < -0.39 is 0 Å². The van der Waals surface area contributed by atoms with E-state index in [1.807, 2.05) is 25.2 Å². The molecule has 2 aromatic heterocycles. The Balaban J connectivity index is 1.90. The van der Waals surface area contributed by atoms with E-state index in [0.717, 1.165) is 42.0 Å². The van der Waals surface area contributed by atoms with E-state index >= 15 is 0 Å². The number of hydrogen-bond donors (Lipinski definition) is 1. The molecule has 118 valence electrons. The highest BCUT2D eigenvalue weighted by atomic mass is 16.1. The number of hydrogen-bond acceptors (Lipinski definition) is 3. The summed E-state index contributed by atoms with van der Waals surface area (Å²) in [6.07, 6.45) is 2.22. The number of aromatic nitrogens is 3. The van der Waals surface area contributed by atoms with Crippen molar-refractivity contribution in [3.8, 4) is 11.3 Å². The molecular formula is C18H20N4O. The zero-order valence-corrected chi connectivity index (χ0v) is 13.4. The number of rotatable bonds is 2. The van der Waals surface area contributed by atoms with Crippen molar-refractivity contribution in [2.45, 2.75) is 25.8 Å². The first-order valence-electron chi connectivity index (χ1n) is 8.03. The van der Waals surface area contributed by atoms with Crippen molar-refractivity contribution < 1.29 is 0 Å². The van der Waals surface area contributed by atoms with Gasteiger partial charge in [0.1, 0.15) is 5.65 Å². The van der Waals surface area contributed by atoms with Crippen molar-refractivity contribution in [3.05, 3.63) is 58.0 Å². The van der Waals surface area contributed by atoms with Crippen LogP contribution in [0.3, 0.4) is 0 Å². The molecule has 5 nitrogen and oxygen atoms in total. The van der Waals surface area contributed by atoms with Crippen LogP contribution < -0.4 is 10.9 Å². The summed E-state index contributed by atoms with van der Waals surface area (Å²) >= 11 is 0. The van der Waals surface area contributed by atoms with E-state index in [0.29, 0.717) is 0 Å². The van der Waals surface area contributed by atoms with Gasteiger partial charge in [-0.05, 0) is 32.4 Å². The summed E-state index contributed by atoms with van der Waals surface area (Å²) < 4.78 is 3.58. The van der Waals surface area contributed by atoms with Gasteiger partial charge in [-0.25, -0.2) is 0 Å². The van der Waals surface area contributed by atoms with E-state index in [-0.39, 0.29) is 11.6 Å². The van der Waals surface area contributed by atoms with Gasteiger partial charge in [-0.3, -0.25) is 4.79 Å². The highest BCUT2D eigenvalue weighted by Crippen LogP contribution is 2.24. The van der Waals surface area contributed by atoms with Crippen molar-refractivity contribution >= 4 is 5.65 Å². The summed E-state index contributed by atoms with van der Waals surface area (Å²) in [6, 6.07) is 12.2. The first-order valence-corrected chi connectivity index (χ1v) is 8.03. The third kappa shape index (κ3) is 2.37. The maximum Gasteiger partial charge on any atom is 0.274 e. The fourth-order valence-corrected chi connectivity index (χ4v) is 3.41. The Morgan fingerprint density at radius 3 is 2.87 bits per heavy atom. The third-order valence-corrected chi connectivity index (χ3v) is 4.63. The van der Waals surface area contributed by atoms with Crippen LogP contribution in [0.5, 0.6) is 0 Å². The molecular weight excluding hydrogens is 288 g/mol. The van der Waals surface area contributed by atoms with Crippen molar-refractivity contribution in [2.24, 2.45) is 7.05 Å². The summed E-state index contributed by atoms with van der Waals surface area (Å²) in [5.74, 6) is 0. The molecule has 3 heterocycles. The molecule has 1 saturated heterocycles. The molecule has 0 saturated carbocycles. The Hall–Kier alpha value is -2.40. The Morgan fingerprint density at radius 2 is 2.13 bits per heavy atom. The Morgan fingerprint density at radius 1 is 1.26 bits per heavy atom. The van der Waals surface area contributed by atoms with Gasteiger partial charge in [0.2, 0.25) is 0 Å². The summed E-state index contributed by atoms with van der Waals surface area (Å²) in [7, 11) is 2.01. The van der Waals surface area contributed by atoms with Gasteiger partial charge in [0.25, 0.3) is 5.56 Å². The minimum atomic E-state index is -0.0688. The molecule has 0 bridgehead atoms. The quantitative estimate of drug-likeness (QED) is 0.791. The fraction of sp³-hybridized carbons (Fsp3) is 0.333. The number of fused-ring (bicyclic) bond motifs is 1. The molecule has 0 radical (unpaired) electrons. The average Bonchev–Trinajstić information content (AvgIpc) is 3.20. The second-order valence-electron chi connectivity index (χ2n) is 6.28. The first-order chi connectivity index (χ1) is 11.1. The van der Waals surface area contributed by atoms with E-state index in [4.69, 9.17) is 0 Å². The smallest absolute Gasteiger partial charge is 0.274 e. The van der Waals surface area contributed by atoms with Crippen molar-refractivity contribution in [2.75, 3.05) is 6.54 Å². The Labute approximate surface area is 134 Å². The molecule has 5 heteroatoms. The average molecular weight is 308 g/mol. The number of benzene rings is 1. The lowest BCUT2D eigenvalue weighted by Crippen LogP contribution is -2.24. The molecule has 1 fully saturated rings. The van der Waals surface area contributed by atoms with Crippen molar-refractivity contribution in [1.29, 1.82) is 0 Å². The molecule has 1 atom stereocenters. The first kappa shape index (κ1) is 14.2. The maximum atomic E-state index is 12.5. The zero-order chi connectivity index (χ0) is 16.0. The highest BCUT2D eigenvalue weighted by Gasteiger charge is 2.21. The fourth-order valence-electron chi connectivity index (χ4n) is 3.41. The van der Waals surface area contributed by atoms with Gasteiger partial charge in [-0.1, -0.05) is 23.8 Å². The molecule has 0 spiro atoms. The van der Waals surface area contributed by atoms with Crippen LogP contribution in [-0.4, -0.2) is 20.7 Å². The molecule has 0 aliphatic carbocycles. The lowest BCUT2D eigenvalue weighted by Gasteiger charge is -2.16. The molecule has 1 aliphatic heterocycles. The highest BCUT2D eigenvalue weighted by molar-refractivity contribution is 5.65. The standard InChI is InChI=1S/C18H20N4O/c1-12-5-3-6-13(9-12)15-10-17-21(2)16(14-7-4-8-19-14)11-18(23)22(17)20-15/h3,5-6,9-11,14,19H,4,7-8H2,1-2H3. The minimum absolute atomic E-state index is 0.0688. The van der Waals surface area contributed by atoms with Crippen LogP contribution in [-0.2, 0) is 7.05 Å². The van der Waals surface area contributed by atoms with Crippen LogP contribution in [0.1, 0.15) is 30.1 Å². The third-order valence-electron chi connectivity index (χ3n) is 4.63. The van der Waals surface area contributed by atoms with E-state index in [1.165, 1.54) is 10.1 Å². The number of nitrogens with one attached hydrogen (secondary N) is 1. The van der Waals surface area contributed by atoms with Gasteiger partial charge >= 0.3 is 0 Å². The van der Waals surface area contributed by atoms with E-state index in [9.17, 15) is 4.79 Å². The van der Waals surface area contributed by atoms with Crippen LogP contribution in [0.4, 0.5) is 0 Å².